The van der Waals surface area contributed by atoms with E-state index in [1.165, 1.54) is 47.3 Å². The predicted octanol–water partition coefficient (Wildman–Crippen LogP) is 5.69. The molecule has 1 aliphatic carbocycles. The van der Waals surface area contributed by atoms with Crippen molar-refractivity contribution in [2.75, 3.05) is 26.7 Å². The molecule has 1 aliphatic heterocycles. The Morgan fingerprint density at radius 3 is 2.14 bits per heavy atom. The van der Waals surface area contributed by atoms with Crippen LogP contribution in [0.25, 0.3) is 16.5 Å². The fraction of sp³-hybridized carbons (Fsp3) is 0.265. The molecular weight excluding hydrogens is 536 g/mol. The number of hydrogen-bond donors (Lipinski definition) is 1. The minimum atomic E-state index is -0.506. The summed E-state index contributed by atoms with van der Waals surface area (Å²) < 4.78 is 27.5. The molecule has 1 aromatic heterocycles. The lowest BCUT2D eigenvalue weighted by atomic mass is 9.79. The maximum absolute atomic E-state index is 14.1. The van der Waals surface area contributed by atoms with E-state index in [0.29, 0.717) is 6.54 Å². The molecule has 1 N–H and O–H groups in total. The summed E-state index contributed by atoms with van der Waals surface area (Å²) in [5, 5.41) is 1.18. The Morgan fingerprint density at radius 1 is 0.905 bits per heavy atom. The van der Waals surface area contributed by atoms with Gasteiger partial charge < -0.3 is 9.88 Å². The quantitative estimate of drug-likeness (QED) is 0.264. The number of fused-ring (bicyclic) bond motifs is 2. The van der Waals surface area contributed by atoms with Crippen molar-refractivity contribution in [3.8, 4) is 0 Å². The number of aromatic amines is 1. The highest BCUT2D eigenvalue weighted by Crippen LogP contribution is 2.41. The SMILES string of the molecule is CN1C[C@H](C(=O)N(CCC(=O)c2cccc(F)c2)CCC(=O)c2cccc(F)c2)C=C2c3cccc4[nH]cc(c34)C[C@H]21. The summed E-state index contributed by atoms with van der Waals surface area (Å²) in [6.45, 7) is 0.652. The average Bonchev–Trinajstić information content (AvgIpc) is 3.41. The van der Waals surface area contributed by atoms with Crippen LogP contribution in [-0.2, 0) is 11.2 Å². The Hall–Kier alpha value is -4.43. The van der Waals surface area contributed by atoms with Crippen LogP contribution in [0.5, 0.6) is 0 Å². The summed E-state index contributed by atoms with van der Waals surface area (Å²) in [6, 6.07) is 17.2. The van der Waals surface area contributed by atoms with E-state index >= 15 is 0 Å². The second-order valence-corrected chi connectivity index (χ2v) is 11.1. The summed E-state index contributed by atoms with van der Waals surface area (Å²) >= 11 is 0. The molecule has 0 unspecified atom stereocenters. The third-order valence-corrected chi connectivity index (χ3v) is 8.41. The molecule has 0 saturated heterocycles. The standard InChI is InChI=1S/C34H31F2N3O3/c1-38-20-24(17-28-27-9-4-10-29-33(27)23(19-37-29)18-30(28)38)34(42)39(13-11-31(40)21-5-2-7-25(35)15-21)14-12-32(41)22-6-3-8-26(36)16-22/h2-10,15-17,19,24,30,37H,11-14,18,20H2,1H3/t24-,30-/m1/s1. The van der Waals surface area contributed by atoms with Gasteiger partial charge in [0.05, 0.1) is 5.92 Å². The molecule has 2 heterocycles. The highest BCUT2D eigenvalue weighted by molar-refractivity contribution is 6.00. The number of carbonyl (C=O) groups excluding carboxylic acids is 3. The van der Waals surface area contributed by atoms with E-state index < -0.39 is 17.6 Å². The molecule has 0 fully saturated rings. The molecule has 4 aromatic rings. The van der Waals surface area contributed by atoms with Gasteiger partial charge >= 0.3 is 0 Å². The number of nitrogens with one attached hydrogen (secondary N) is 1. The van der Waals surface area contributed by atoms with Gasteiger partial charge in [-0.05, 0) is 60.5 Å². The van der Waals surface area contributed by atoms with Crippen LogP contribution in [0, 0.1) is 17.6 Å². The summed E-state index contributed by atoms with van der Waals surface area (Å²) in [4.78, 5) is 47.0. The zero-order chi connectivity index (χ0) is 29.4. The summed E-state index contributed by atoms with van der Waals surface area (Å²) in [5.74, 6) is -2.25. The first-order chi connectivity index (χ1) is 20.3. The highest BCUT2D eigenvalue weighted by atomic mass is 19.1. The number of H-pyrrole nitrogens is 1. The Morgan fingerprint density at radius 2 is 1.52 bits per heavy atom. The van der Waals surface area contributed by atoms with Gasteiger partial charge in [0, 0.05) is 66.7 Å². The van der Waals surface area contributed by atoms with E-state index in [0.717, 1.165) is 23.1 Å². The molecule has 0 saturated carbocycles. The number of benzene rings is 3. The first-order valence-corrected chi connectivity index (χ1v) is 14.2. The Balaban J connectivity index is 1.26. The van der Waals surface area contributed by atoms with Gasteiger partial charge in [0.25, 0.3) is 0 Å². The van der Waals surface area contributed by atoms with Crippen LogP contribution >= 0.6 is 0 Å². The topological polar surface area (TPSA) is 73.5 Å². The van der Waals surface area contributed by atoms with Crippen LogP contribution in [0.4, 0.5) is 8.78 Å². The van der Waals surface area contributed by atoms with Gasteiger partial charge in [0.2, 0.25) is 5.91 Å². The third kappa shape index (κ3) is 5.42. The lowest BCUT2D eigenvalue weighted by Gasteiger charge is -2.40. The molecule has 2 aliphatic rings. The zero-order valence-electron chi connectivity index (χ0n) is 23.3. The van der Waals surface area contributed by atoms with Gasteiger partial charge in [-0.3, -0.25) is 19.3 Å². The first kappa shape index (κ1) is 27.7. The number of amides is 1. The minimum absolute atomic E-state index is 0.0167. The molecule has 0 radical (unpaired) electrons. The second kappa shape index (κ2) is 11.4. The van der Waals surface area contributed by atoms with Crippen LogP contribution in [0.2, 0.25) is 0 Å². The molecule has 0 spiro atoms. The third-order valence-electron chi connectivity index (χ3n) is 8.41. The van der Waals surface area contributed by atoms with Crippen molar-refractivity contribution in [2.24, 2.45) is 5.92 Å². The van der Waals surface area contributed by atoms with Crippen LogP contribution in [0.15, 0.2) is 79.0 Å². The molecule has 6 nitrogen and oxygen atoms in total. The number of aromatic nitrogens is 1. The molecule has 214 valence electrons. The first-order valence-electron chi connectivity index (χ1n) is 14.2. The molecular formula is C34H31F2N3O3. The van der Waals surface area contributed by atoms with Crippen molar-refractivity contribution in [1.82, 2.24) is 14.8 Å². The fourth-order valence-corrected chi connectivity index (χ4v) is 6.26. The van der Waals surface area contributed by atoms with Crippen LogP contribution in [0.3, 0.4) is 0 Å². The number of Topliss-reactive ketones (excluding diaryl/α,β-unsaturated/α-hetero) is 2. The van der Waals surface area contributed by atoms with Gasteiger partial charge in [-0.25, -0.2) is 8.78 Å². The summed E-state index contributed by atoms with van der Waals surface area (Å²) in [6.07, 6.45) is 4.92. The van der Waals surface area contributed by atoms with Gasteiger partial charge in [-0.2, -0.15) is 0 Å². The smallest absolute Gasteiger partial charge is 0.230 e. The molecule has 2 atom stereocenters. The number of rotatable bonds is 9. The number of nitrogens with zero attached hydrogens (tertiary/aromatic N) is 2. The van der Waals surface area contributed by atoms with E-state index in [-0.39, 0.29) is 60.6 Å². The normalized spacial score (nSPS) is 17.9. The largest absolute Gasteiger partial charge is 0.361 e. The van der Waals surface area contributed by atoms with E-state index in [2.05, 4.69) is 22.1 Å². The average molecular weight is 568 g/mol. The maximum atomic E-state index is 14.1. The van der Waals surface area contributed by atoms with Crippen molar-refractivity contribution in [3.63, 3.8) is 0 Å². The molecule has 42 heavy (non-hydrogen) atoms. The molecule has 6 rings (SSSR count). The van der Waals surface area contributed by atoms with Crippen molar-refractivity contribution in [1.29, 1.82) is 0 Å². The number of likely N-dealkylation sites (N-methyl/N-ethyl adjacent to an activating group) is 1. The molecule has 1 amide bonds. The number of carbonyl (C=O) groups is 3. The second-order valence-electron chi connectivity index (χ2n) is 11.1. The lowest BCUT2D eigenvalue weighted by molar-refractivity contribution is -0.134. The summed E-state index contributed by atoms with van der Waals surface area (Å²) in [7, 11) is 2.01. The van der Waals surface area contributed by atoms with Crippen molar-refractivity contribution in [3.05, 3.63) is 113 Å². The number of ketones is 2. The predicted molar refractivity (Wildman–Crippen MR) is 157 cm³/mol. The van der Waals surface area contributed by atoms with E-state index in [4.69, 9.17) is 0 Å². The van der Waals surface area contributed by atoms with E-state index in [9.17, 15) is 23.2 Å². The van der Waals surface area contributed by atoms with Crippen molar-refractivity contribution in [2.45, 2.75) is 25.3 Å². The highest BCUT2D eigenvalue weighted by Gasteiger charge is 2.37. The Labute approximate surface area is 242 Å². The molecule has 3 aromatic carbocycles. The van der Waals surface area contributed by atoms with Crippen LogP contribution < -0.4 is 0 Å². The molecule has 8 heteroatoms. The van der Waals surface area contributed by atoms with Gasteiger partial charge in [0.15, 0.2) is 11.6 Å². The minimum Gasteiger partial charge on any atom is -0.361 e. The number of halogens is 2. The van der Waals surface area contributed by atoms with Gasteiger partial charge in [0.1, 0.15) is 11.6 Å². The van der Waals surface area contributed by atoms with E-state index in [1.54, 1.807) is 17.0 Å². The molecule has 0 bridgehead atoms. The van der Waals surface area contributed by atoms with Crippen molar-refractivity contribution < 1.29 is 23.2 Å². The number of hydrogen-bond acceptors (Lipinski definition) is 4. The monoisotopic (exact) mass is 567 g/mol. The van der Waals surface area contributed by atoms with Crippen molar-refractivity contribution >= 4 is 33.9 Å². The summed E-state index contributed by atoms with van der Waals surface area (Å²) in [5.41, 5.74) is 5.00. The Bertz CT molecular complexity index is 1660. The fourth-order valence-electron chi connectivity index (χ4n) is 6.26. The Kier molecular flexibility index (Phi) is 7.56. The van der Waals surface area contributed by atoms with Crippen LogP contribution in [-0.4, -0.2) is 65.0 Å². The zero-order valence-corrected chi connectivity index (χ0v) is 23.3. The maximum Gasteiger partial charge on any atom is 0.230 e. The lowest BCUT2D eigenvalue weighted by Crippen LogP contribution is -2.48. The van der Waals surface area contributed by atoms with Gasteiger partial charge in [-0.15, -0.1) is 0 Å². The van der Waals surface area contributed by atoms with E-state index in [1.807, 2.05) is 25.3 Å². The van der Waals surface area contributed by atoms with Crippen LogP contribution in [0.1, 0.15) is 44.7 Å². The van der Waals surface area contributed by atoms with Gasteiger partial charge in [-0.1, -0.05) is 42.5 Å².